The Labute approximate surface area is 103 Å². The molecule has 17 heavy (non-hydrogen) atoms. The zero-order chi connectivity index (χ0) is 12.5. The van der Waals surface area contributed by atoms with Crippen molar-refractivity contribution in [3.63, 3.8) is 0 Å². The number of hydrogen-bond donors (Lipinski definition) is 1. The Morgan fingerprint density at radius 2 is 2.18 bits per heavy atom. The summed E-state index contributed by atoms with van der Waals surface area (Å²) in [5.41, 5.74) is 0. The SMILES string of the molecule is CCOC(=O)COCCNCCN(C)C1CC1. The maximum atomic E-state index is 10.9. The lowest BCUT2D eigenvalue weighted by Gasteiger charge is -2.15. The molecule has 0 spiro atoms. The first-order valence-electron chi connectivity index (χ1n) is 6.38. The Balaban J connectivity index is 1.79. The van der Waals surface area contributed by atoms with Crippen LogP contribution in [0.3, 0.4) is 0 Å². The van der Waals surface area contributed by atoms with E-state index in [1.165, 1.54) is 12.8 Å². The summed E-state index contributed by atoms with van der Waals surface area (Å²) in [6.45, 7) is 5.61. The van der Waals surface area contributed by atoms with E-state index in [0.29, 0.717) is 13.2 Å². The highest BCUT2D eigenvalue weighted by molar-refractivity contribution is 5.70. The van der Waals surface area contributed by atoms with Gasteiger partial charge in [-0.05, 0) is 26.8 Å². The second-order valence-corrected chi connectivity index (χ2v) is 4.32. The Bertz CT molecular complexity index is 220. The van der Waals surface area contributed by atoms with Crippen molar-refractivity contribution in [1.29, 1.82) is 0 Å². The fraction of sp³-hybridized carbons (Fsp3) is 0.917. The maximum absolute atomic E-state index is 10.9. The van der Waals surface area contributed by atoms with Crippen LogP contribution >= 0.6 is 0 Å². The van der Waals surface area contributed by atoms with Gasteiger partial charge in [0.15, 0.2) is 0 Å². The molecule has 0 saturated heterocycles. The molecule has 0 amide bonds. The van der Waals surface area contributed by atoms with Gasteiger partial charge in [-0.3, -0.25) is 0 Å². The lowest BCUT2D eigenvalue weighted by atomic mass is 10.5. The molecule has 0 unspecified atom stereocenters. The molecule has 5 heteroatoms. The second-order valence-electron chi connectivity index (χ2n) is 4.32. The van der Waals surface area contributed by atoms with Crippen LogP contribution in [0.5, 0.6) is 0 Å². The third-order valence-corrected chi connectivity index (χ3v) is 2.76. The van der Waals surface area contributed by atoms with Gasteiger partial charge in [0.1, 0.15) is 6.61 Å². The van der Waals surface area contributed by atoms with E-state index in [2.05, 4.69) is 17.3 Å². The van der Waals surface area contributed by atoms with Crippen LogP contribution in [0, 0.1) is 0 Å². The molecule has 1 fully saturated rings. The van der Waals surface area contributed by atoms with E-state index in [1.54, 1.807) is 6.92 Å². The Hall–Kier alpha value is -0.650. The number of rotatable bonds is 10. The van der Waals surface area contributed by atoms with Crippen LogP contribution in [-0.4, -0.2) is 63.4 Å². The minimum Gasteiger partial charge on any atom is -0.464 e. The molecule has 1 rings (SSSR count). The van der Waals surface area contributed by atoms with Gasteiger partial charge in [0.05, 0.1) is 13.2 Å². The number of nitrogens with one attached hydrogen (secondary N) is 1. The summed E-state index contributed by atoms with van der Waals surface area (Å²) in [5, 5.41) is 3.29. The number of hydrogen-bond acceptors (Lipinski definition) is 5. The van der Waals surface area contributed by atoms with Gasteiger partial charge in [0, 0.05) is 25.7 Å². The smallest absolute Gasteiger partial charge is 0.332 e. The summed E-state index contributed by atoms with van der Waals surface area (Å²) in [6.07, 6.45) is 2.69. The lowest BCUT2D eigenvalue weighted by molar-refractivity contribution is -0.148. The third-order valence-electron chi connectivity index (χ3n) is 2.76. The van der Waals surface area contributed by atoms with Gasteiger partial charge in [-0.25, -0.2) is 4.79 Å². The first-order chi connectivity index (χ1) is 8.24. The number of carbonyl (C=O) groups is 1. The zero-order valence-corrected chi connectivity index (χ0v) is 10.9. The number of esters is 1. The molecule has 0 radical (unpaired) electrons. The number of likely N-dealkylation sites (N-methyl/N-ethyl adjacent to an activating group) is 1. The molecule has 0 aromatic rings. The highest BCUT2D eigenvalue weighted by Crippen LogP contribution is 2.24. The molecule has 0 heterocycles. The Kier molecular flexibility index (Phi) is 7.16. The quantitative estimate of drug-likeness (QED) is 0.441. The summed E-state index contributed by atoms with van der Waals surface area (Å²) >= 11 is 0. The standard InChI is InChI=1S/C12H24N2O3/c1-3-17-12(15)10-16-9-7-13-6-8-14(2)11-4-5-11/h11,13H,3-10H2,1-2H3. The minimum absolute atomic E-state index is 0.0531. The van der Waals surface area contributed by atoms with Gasteiger partial charge in [-0.1, -0.05) is 0 Å². The van der Waals surface area contributed by atoms with Crippen molar-refractivity contribution in [2.24, 2.45) is 0 Å². The van der Waals surface area contributed by atoms with Crippen LogP contribution in [0.1, 0.15) is 19.8 Å². The number of nitrogens with zero attached hydrogens (tertiary/aromatic N) is 1. The lowest BCUT2D eigenvalue weighted by Crippen LogP contribution is -2.32. The van der Waals surface area contributed by atoms with Gasteiger partial charge >= 0.3 is 5.97 Å². The summed E-state index contributed by atoms with van der Waals surface area (Å²) < 4.78 is 9.91. The molecule has 100 valence electrons. The third kappa shape index (κ3) is 7.31. The molecule has 1 aliphatic rings. The average molecular weight is 244 g/mol. The summed E-state index contributed by atoms with van der Waals surface area (Å²) in [7, 11) is 2.16. The van der Waals surface area contributed by atoms with Crippen LogP contribution < -0.4 is 5.32 Å². The molecule has 0 aliphatic heterocycles. The van der Waals surface area contributed by atoms with E-state index in [-0.39, 0.29) is 12.6 Å². The van der Waals surface area contributed by atoms with Gasteiger partial charge in [-0.15, -0.1) is 0 Å². The number of ether oxygens (including phenoxy) is 2. The van der Waals surface area contributed by atoms with Crippen molar-refractivity contribution in [1.82, 2.24) is 10.2 Å². The van der Waals surface area contributed by atoms with Crippen molar-refractivity contribution >= 4 is 5.97 Å². The molecule has 1 saturated carbocycles. The van der Waals surface area contributed by atoms with E-state index < -0.39 is 0 Å². The Morgan fingerprint density at radius 1 is 1.41 bits per heavy atom. The largest absolute Gasteiger partial charge is 0.464 e. The van der Waals surface area contributed by atoms with Gasteiger partial charge in [-0.2, -0.15) is 0 Å². The molecule has 5 nitrogen and oxygen atoms in total. The van der Waals surface area contributed by atoms with Crippen LogP contribution in [0.25, 0.3) is 0 Å². The molecule has 1 aliphatic carbocycles. The first kappa shape index (κ1) is 14.4. The van der Waals surface area contributed by atoms with Crippen LogP contribution in [0.2, 0.25) is 0 Å². The topological polar surface area (TPSA) is 50.8 Å². The monoisotopic (exact) mass is 244 g/mol. The predicted molar refractivity (Wildman–Crippen MR) is 66.0 cm³/mol. The van der Waals surface area contributed by atoms with Crippen LogP contribution in [0.4, 0.5) is 0 Å². The van der Waals surface area contributed by atoms with Crippen molar-refractivity contribution in [3.05, 3.63) is 0 Å². The average Bonchev–Trinajstić information content (AvgIpc) is 3.11. The predicted octanol–water partition coefficient (Wildman–Crippen LogP) is 0.250. The normalized spacial score (nSPS) is 15.2. The highest BCUT2D eigenvalue weighted by atomic mass is 16.6. The fourth-order valence-electron chi connectivity index (χ4n) is 1.58. The molecule has 0 bridgehead atoms. The van der Waals surface area contributed by atoms with E-state index >= 15 is 0 Å². The molecule has 0 aromatic heterocycles. The van der Waals surface area contributed by atoms with Crippen molar-refractivity contribution in [3.8, 4) is 0 Å². The zero-order valence-electron chi connectivity index (χ0n) is 10.9. The van der Waals surface area contributed by atoms with Crippen molar-refractivity contribution in [2.75, 3.05) is 46.5 Å². The minimum atomic E-state index is -0.291. The summed E-state index contributed by atoms with van der Waals surface area (Å²) in [4.78, 5) is 13.3. The molecule has 1 N–H and O–H groups in total. The van der Waals surface area contributed by atoms with E-state index in [9.17, 15) is 4.79 Å². The van der Waals surface area contributed by atoms with Crippen LogP contribution in [0.15, 0.2) is 0 Å². The molecular weight excluding hydrogens is 220 g/mol. The van der Waals surface area contributed by atoms with Crippen molar-refractivity contribution in [2.45, 2.75) is 25.8 Å². The summed E-state index contributed by atoms with van der Waals surface area (Å²) in [6, 6.07) is 0.817. The first-order valence-corrected chi connectivity index (χ1v) is 6.38. The van der Waals surface area contributed by atoms with Crippen LogP contribution in [-0.2, 0) is 14.3 Å². The van der Waals surface area contributed by atoms with Gasteiger partial charge in [0.2, 0.25) is 0 Å². The summed E-state index contributed by atoms with van der Waals surface area (Å²) in [5.74, 6) is -0.291. The van der Waals surface area contributed by atoms with E-state index in [1.807, 2.05) is 0 Å². The highest BCUT2D eigenvalue weighted by Gasteiger charge is 2.25. The second kappa shape index (κ2) is 8.44. The van der Waals surface area contributed by atoms with E-state index in [0.717, 1.165) is 25.7 Å². The van der Waals surface area contributed by atoms with Gasteiger partial charge in [0.25, 0.3) is 0 Å². The fourth-order valence-corrected chi connectivity index (χ4v) is 1.58. The molecule has 0 atom stereocenters. The molecular formula is C12H24N2O3. The van der Waals surface area contributed by atoms with E-state index in [4.69, 9.17) is 9.47 Å². The number of carbonyl (C=O) groups excluding carboxylic acids is 1. The maximum Gasteiger partial charge on any atom is 0.332 e. The Morgan fingerprint density at radius 3 is 2.82 bits per heavy atom. The van der Waals surface area contributed by atoms with Gasteiger partial charge < -0.3 is 19.7 Å². The van der Waals surface area contributed by atoms with Crippen molar-refractivity contribution < 1.29 is 14.3 Å². The molecule has 0 aromatic carbocycles.